The number of morpholine rings is 1. The fourth-order valence-corrected chi connectivity index (χ4v) is 3.02. The van der Waals surface area contributed by atoms with Crippen molar-refractivity contribution in [2.45, 2.75) is 25.1 Å². The second kappa shape index (κ2) is 6.78. The molecular formula is C15H20N6O2S. The van der Waals surface area contributed by atoms with Crippen molar-refractivity contribution in [1.82, 2.24) is 19.7 Å². The maximum atomic E-state index is 11.4. The van der Waals surface area contributed by atoms with Gasteiger partial charge in [0.05, 0.1) is 18.8 Å². The van der Waals surface area contributed by atoms with Crippen molar-refractivity contribution in [1.29, 1.82) is 0 Å². The van der Waals surface area contributed by atoms with Crippen LogP contribution in [0.4, 0.5) is 5.82 Å². The van der Waals surface area contributed by atoms with Crippen LogP contribution in [0.2, 0.25) is 0 Å². The van der Waals surface area contributed by atoms with Crippen molar-refractivity contribution in [3.05, 3.63) is 23.5 Å². The summed E-state index contributed by atoms with van der Waals surface area (Å²) in [6.07, 6.45) is 1.30. The molecule has 9 heteroatoms. The van der Waals surface area contributed by atoms with E-state index in [9.17, 15) is 4.79 Å². The van der Waals surface area contributed by atoms with Gasteiger partial charge in [0.1, 0.15) is 5.82 Å². The minimum Gasteiger partial charge on any atom is -0.367 e. The molecule has 128 valence electrons. The van der Waals surface area contributed by atoms with E-state index in [4.69, 9.17) is 10.5 Å². The highest BCUT2D eigenvalue weighted by atomic mass is 32.2. The van der Waals surface area contributed by atoms with Crippen LogP contribution in [0.25, 0.3) is 5.82 Å². The van der Waals surface area contributed by atoms with Gasteiger partial charge in [-0.2, -0.15) is 5.10 Å². The number of carbonyl (C=O) groups is 1. The quantitative estimate of drug-likeness (QED) is 0.641. The number of ether oxygens (including phenoxy) is 1. The van der Waals surface area contributed by atoms with Gasteiger partial charge in [0.25, 0.3) is 0 Å². The average Bonchev–Trinajstić information content (AvgIpc) is 2.93. The van der Waals surface area contributed by atoms with Gasteiger partial charge in [-0.3, -0.25) is 4.79 Å². The van der Waals surface area contributed by atoms with Crippen molar-refractivity contribution in [3.8, 4) is 5.82 Å². The predicted octanol–water partition coefficient (Wildman–Crippen LogP) is 0.692. The molecule has 2 N–H and O–H groups in total. The van der Waals surface area contributed by atoms with E-state index in [1.54, 1.807) is 4.68 Å². The first-order valence-corrected chi connectivity index (χ1v) is 8.83. The minimum absolute atomic E-state index is 0.386. The third-order valence-corrected chi connectivity index (χ3v) is 4.34. The Morgan fingerprint density at radius 1 is 1.33 bits per heavy atom. The van der Waals surface area contributed by atoms with Crippen LogP contribution in [-0.4, -0.2) is 57.7 Å². The van der Waals surface area contributed by atoms with Gasteiger partial charge < -0.3 is 15.4 Å². The Hall–Kier alpha value is -2.13. The lowest BCUT2D eigenvalue weighted by atomic mass is 10.2. The number of aryl methyl sites for hydroxylation is 2. The van der Waals surface area contributed by atoms with E-state index < -0.39 is 12.0 Å². The molecule has 0 aliphatic carbocycles. The van der Waals surface area contributed by atoms with E-state index >= 15 is 0 Å². The molecule has 2 aromatic rings. The topological polar surface area (TPSA) is 99.2 Å². The normalized spacial score (nSPS) is 18.0. The molecule has 2 aromatic heterocycles. The molecule has 1 amide bonds. The Morgan fingerprint density at radius 2 is 2.08 bits per heavy atom. The molecule has 1 atom stereocenters. The number of hydrogen-bond donors (Lipinski definition) is 1. The van der Waals surface area contributed by atoms with Crippen molar-refractivity contribution in [2.75, 3.05) is 30.9 Å². The summed E-state index contributed by atoms with van der Waals surface area (Å²) in [4.78, 5) is 22.5. The number of amides is 1. The molecule has 0 aromatic carbocycles. The molecule has 24 heavy (non-hydrogen) atoms. The molecule has 1 fully saturated rings. The highest BCUT2D eigenvalue weighted by Gasteiger charge is 2.26. The summed E-state index contributed by atoms with van der Waals surface area (Å²) in [6.45, 7) is 5.39. The largest absolute Gasteiger partial charge is 0.367 e. The fourth-order valence-electron chi connectivity index (χ4n) is 2.65. The molecule has 1 aliphatic rings. The molecule has 8 nitrogen and oxygen atoms in total. The number of aromatic nitrogens is 4. The van der Waals surface area contributed by atoms with E-state index in [1.165, 1.54) is 11.8 Å². The van der Waals surface area contributed by atoms with Crippen LogP contribution in [0.15, 0.2) is 17.3 Å². The highest BCUT2D eigenvalue weighted by Crippen LogP contribution is 2.22. The first-order valence-electron chi connectivity index (χ1n) is 7.60. The molecule has 0 bridgehead atoms. The Bertz CT molecular complexity index is 762. The van der Waals surface area contributed by atoms with E-state index in [2.05, 4.69) is 15.1 Å². The fraction of sp³-hybridized carbons (Fsp3) is 0.467. The minimum atomic E-state index is -0.622. The average molecular weight is 348 g/mol. The number of primary amides is 1. The van der Waals surface area contributed by atoms with Gasteiger partial charge in [-0.05, 0) is 26.2 Å². The van der Waals surface area contributed by atoms with Crippen molar-refractivity contribution in [2.24, 2.45) is 5.73 Å². The molecule has 1 unspecified atom stereocenters. The summed E-state index contributed by atoms with van der Waals surface area (Å²) < 4.78 is 7.20. The van der Waals surface area contributed by atoms with E-state index in [-0.39, 0.29) is 0 Å². The third-order valence-electron chi connectivity index (χ3n) is 3.80. The SMILES string of the molecule is CSc1nc(N2CCOC(C(N)=O)C2)cc(-n2nc(C)cc2C)n1. The Kier molecular flexibility index (Phi) is 4.72. The van der Waals surface area contributed by atoms with Gasteiger partial charge >= 0.3 is 0 Å². The van der Waals surface area contributed by atoms with Gasteiger partial charge in [0.15, 0.2) is 17.1 Å². The number of carbonyl (C=O) groups excluding carboxylic acids is 1. The van der Waals surface area contributed by atoms with E-state index in [1.807, 2.05) is 37.1 Å². The van der Waals surface area contributed by atoms with Crippen molar-refractivity contribution >= 4 is 23.5 Å². The number of anilines is 1. The van der Waals surface area contributed by atoms with Crippen LogP contribution in [0, 0.1) is 13.8 Å². The van der Waals surface area contributed by atoms with Crippen LogP contribution < -0.4 is 10.6 Å². The molecule has 3 heterocycles. The van der Waals surface area contributed by atoms with Crippen LogP contribution >= 0.6 is 11.8 Å². The predicted molar refractivity (Wildman–Crippen MR) is 91.6 cm³/mol. The molecule has 0 spiro atoms. The van der Waals surface area contributed by atoms with Gasteiger partial charge in [0.2, 0.25) is 5.91 Å². The number of thioether (sulfide) groups is 1. The monoisotopic (exact) mass is 348 g/mol. The van der Waals surface area contributed by atoms with Crippen LogP contribution in [0.5, 0.6) is 0 Å². The summed E-state index contributed by atoms with van der Waals surface area (Å²) in [5, 5.41) is 5.14. The zero-order valence-electron chi connectivity index (χ0n) is 13.9. The lowest BCUT2D eigenvalue weighted by Crippen LogP contribution is -2.48. The summed E-state index contributed by atoms with van der Waals surface area (Å²) in [5.74, 6) is 0.987. The zero-order valence-corrected chi connectivity index (χ0v) is 14.7. The second-order valence-corrected chi connectivity index (χ2v) is 6.39. The number of nitrogens with two attached hydrogens (primary N) is 1. The van der Waals surface area contributed by atoms with Crippen molar-refractivity contribution < 1.29 is 9.53 Å². The molecular weight excluding hydrogens is 328 g/mol. The Balaban J connectivity index is 1.97. The first-order chi connectivity index (χ1) is 11.5. The number of rotatable bonds is 4. The van der Waals surface area contributed by atoms with Gasteiger partial charge in [0, 0.05) is 18.3 Å². The lowest BCUT2D eigenvalue weighted by Gasteiger charge is -2.32. The summed E-state index contributed by atoms with van der Waals surface area (Å²) in [7, 11) is 0. The molecule has 0 radical (unpaired) electrons. The van der Waals surface area contributed by atoms with Gasteiger partial charge in [-0.1, -0.05) is 11.8 Å². The first kappa shape index (κ1) is 16.7. The Labute approximate surface area is 144 Å². The number of nitrogens with zero attached hydrogens (tertiary/aromatic N) is 5. The van der Waals surface area contributed by atoms with Crippen LogP contribution in [0.3, 0.4) is 0 Å². The molecule has 3 rings (SSSR count). The second-order valence-electron chi connectivity index (χ2n) is 5.62. The van der Waals surface area contributed by atoms with Gasteiger partial charge in [-0.25, -0.2) is 14.6 Å². The summed E-state index contributed by atoms with van der Waals surface area (Å²) >= 11 is 1.46. The zero-order chi connectivity index (χ0) is 17.3. The van der Waals surface area contributed by atoms with Crippen molar-refractivity contribution in [3.63, 3.8) is 0 Å². The molecule has 0 saturated carbocycles. The maximum Gasteiger partial charge on any atom is 0.248 e. The summed E-state index contributed by atoms with van der Waals surface area (Å²) in [5.41, 5.74) is 7.30. The smallest absolute Gasteiger partial charge is 0.248 e. The lowest BCUT2D eigenvalue weighted by molar-refractivity contribution is -0.130. The standard InChI is InChI=1S/C15H20N6O2S/c1-9-6-10(2)21(19-9)13-7-12(17-15(18-13)24-3)20-4-5-23-11(8-20)14(16)22/h6-7,11H,4-5,8H2,1-3H3,(H2,16,22). The van der Waals surface area contributed by atoms with E-state index in [0.717, 1.165) is 17.2 Å². The van der Waals surface area contributed by atoms with Crippen LogP contribution in [-0.2, 0) is 9.53 Å². The van der Waals surface area contributed by atoms with Crippen LogP contribution in [0.1, 0.15) is 11.4 Å². The van der Waals surface area contributed by atoms with Gasteiger partial charge in [-0.15, -0.1) is 0 Å². The summed E-state index contributed by atoms with van der Waals surface area (Å²) in [6, 6.07) is 3.88. The third kappa shape index (κ3) is 3.36. The molecule has 1 saturated heterocycles. The highest BCUT2D eigenvalue weighted by molar-refractivity contribution is 7.98. The molecule has 1 aliphatic heterocycles. The maximum absolute atomic E-state index is 11.4. The Morgan fingerprint density at radius 3 is 2.71 bits per heavy atom. The number of hydrogen-bond acceptors (Lipinski definition) is 7. The van der Waals surface area contributed by atoms with E-state index in [0.29, 0.717) is 30.7 Å².